The van der Waals surface area contributed by atoms with Crippen molar-refractivity contribution in [3.05, 3.63) is 57.9 Å². The van der Waals surface area contributed by atoms with Crippen LogP contribution in [0, 0.1) is 0 Å². The number of carbonyl (C=O) groups is 1. The van der Waals surface area contributed by atoms with Gasteiger partial charge in [-0.1, -0.05) is 30.3 Å². The molecule has 0 fully saturated rings. The highest BCUT2D eigenvalue weighted by atomic mass is 32.2. The van der Waals surface area contributed by atoms with Crippen molar-refractivity contribution in [3.8, 4) is 10.6 Å². The van der Waals surface area contributed by atoms with Crippen molar-refractivity contribution in [3.63, 3.8) is 0 Å². The van der Waals surface area contributed by atoms with Gasteiger partial charge in [0.25, 0.3) is 0 Å². The van der Waals surface area contributed by atoms with Gasteiger partial charge in [-0.3, -0.25) is 0 Å². The van der Waals surface area contributed by atoms with Gasteiger partial charge in [0.2, 0.25) is 0 Å². The smallest absolute Gasteiger partial charge is 0.345 e. The van der Waals surface area contributed by atoms with Crippen molar-refractivity contribution in [2.24, 2.45) is 0 Å². The topological polar surface area (TPSA) is 50.2 Å². The number of aromatic carboxylic acids is 1. The molecule has 112 valence electrons. The van der Waals surface area contributed by atoms with Gasteiger partial charge in [0, 0.05) is 17.4 Å². The average molecular weight is 347 g/mol. The summed E-state index contributed by atoms with van der Waals surface area (Å²) in [5.41, 5.74) is 3.17. The van der Waals surface area contributed by atoms with Gasteiger partial charge in [0.15, 0.2) is 0 Å². The third-order valence-electron chi connectivity index (χ3n) is 3.10. The third-order valence-corrected chi connectivity index (χ3v) is 6.29. The normalized spacial score (nSPS) is 10.8. The van der Waals surface area contributed by atoms with E-state index in [2.05, 4.69) is 17.1 Å². The fourth-order valence-corrected chi connectivity index (χ4v) is 4.78. The van der Waals surface area contributed by atoms with Gasteiger partial charge in [-0.25, -0.2) is 9.78 Å². The summed E-state index contributed by atoms with van der Waals surface area (Å²) in [6.07, 6.45) is 2.75. The van der Waals surface area contributed by atoms with Gasteiger partial charge in [0.05, 0.1) is 9.90 Å². The van der Waals surface area contributed by atoms with E-state index in [0.717, 1.165) is 26.9 Å². The zero-order valence-corrected chi connectivity index (χ0v) is 14.2. The molecule has 0 spiro atoms. The van der Waals surface area contributed by atoms with Crippen molar-refractivity contribution in [2.45, 2.75) is 10.6 Å². The molecule has 0 amide bonds. The summed E-state index contributed by atoms with van der Waals surface area (Å²) in [5.74, 6) is -0.882. The molecular weight excluding hydrogens is 334 g/mol. The van der Waals surface area contributed by atoms with Crippen LogP contribution in [0.3, 0.4) is 0 Å². The SMILES string of the molecule is CSc1sc(C(=O)O)cc1-c1nc(Cc2ccccc2)cs1. The van der Waals surface area contributed by atoms with Gasteiger partial charge in [-0.2, -0.15) is 0 Å². The van der Waals surface area contributed by atoms with Crippen LogP contribution in [0.25, 0.3) is 10.6 Å². The number of rotatable bonds is 5. The Labute approximate surface area is 140 Å². The Morgan fingerprint density at radius 1 is 1.32 bits per heavy atom. The van der Waals surface area contributed by atoms with E-state index in [1.807, 2.05) is 29.8 Å². The second-order valence-corrected chi connectivity index (χ2v) is 7.61. The molecule has 1 N–H and O–H groups in total. The molecule has 3 nitrogen and oxygen atoms in total. The first-order chi connectivity index (χ1) is 10.7. The van der Waals surface area contributed by atoms with Crippen molar-refractivity contribution in [1.82, 2.24) is 4.98 Å². The molecule has 0 atom stereocenters. The molecule has 6 heteroatoms. The first-order valence-electron chi connectivity index (χ1n) is 6.57. The van der Waals surface area contributed by atoms with E-state index < -0.39 is 5.97 Å². The van der Waals surface area contributed by atoms with Gasteiger partial charge in [-0.15, -0.1) is 34.4 Å². The summed E-state index contributed by atoms with van der Waals surface area (Å²) < 4.78 is 0.998. The van der Waals surface area contributed by atoms with Crippen molar-refractivity contribution in [2.75, 3.05) is 6.26 Å². The summed E-state index contributed by atoms with van der Waals surface area (Å²) in [4.78, 5) is 16.2. The van der Waals surface area contributed by atoms with E-state index in [1.54, 1.807) is 29.2 Å². The number of hydrogen-bond acceptors (Lipinski definition) is 5. The van der Waals surface area contributed by atoms with Crippen LogP contribution in [0.4, 0.5) is 0 Å². The van der Waals surface area contributed by atoms with Crippen molar-refractivity contribution < 1.29 is 9.90 Å². The molecule has 22 heavy (non-hydrogen) atoms. The van der Waals surface area contributed by atoms with E-state index in [-0.39, 0.29) is 0 Å². The molecule has 0 aliphatic rings. The van der Waals surface area contributed by atoms with E-state index in [9.17, 15) is 4.79 Å². The van der Waals surface area contributed by atoms with E-state index in [1.165, 1.54) is 16.9 Å². The van der Waals surface area contributed by atoms with Crippen LogP contribution in [0.1, 0.15) is 20.9 Å². The minimum atomic E-state index is -0.882. The number of nitrogens with zero attached hydrogens (tertiary/aromatic N) is 1. The Kier molecular flexibility index (Phi) is 4.61. The van der Waals surface area contributed by atoms with Crippen LogP contribution in [-0.4, -0.2) is 22.3 Å². The predicted octanol–water partition coefficient (Wildman–Crippen LogP) is 4.88. The summed E-state index contributed by atoms with van der Waals surface area (Å²) >= 11 is 4.44. The van der Waals surface area contributed by atoms with Gasteiger partial charge in [0.1, 0.15) is 9.88 Å². The Balaban J connectivity index is 1.89. The summed E-state index contributed by atoms with van der Waals surface area (Å²) in [6, 6.07) is 11.9. The Morgan fingerprint density at radius 3 is 2.77 bits per heavy atom. The number of benzene rings is 1. The van der Waals surface area contributed by atoms with Crippen molar-refractivity contribution in [1.29, 1.82) is 0 Å². The number of carboxylic acids is 1. The largest absolute Gasteiger partial charge is 0.477 e. The minimum Gasteiger partial charge on any atom is -0.477 e. The maximum absolute atomic E-state index is 11.1. The lowest BCUT2D eigenvalue weighted by Crippen LogP contribution is -1.90. The second kappa shape index (κ2) is 6.64. The number of hydrogen-bond donors (Lipinski definition) is 1. The number of aromatic nitrogens is 1. The highest BCUT2D eigenvalue weighted by molar-refractivity contribution is 8.00. The monoisotopic (exact) mass is 347 g/mol. The molecule has 0 saturated carbocycles. The van der Waals surface area contributed by atoms with E-state index >= 15 is 0 Å². The lowest BCUT2D eigenvalue weighted by atomic mass is 10.1. The Morgan fingerprint density at radius 2 is 2.09 bits per heavy atom. The average Bonchev–Trinajstić information content (AvgIpc) is 3.14. The molecule has 0 aliphatic carbocycles. The standard InChI is InChI=1S/C16H13NO2S3/c1-20-16-12(8-13(22-16)15(18)19)14-17-11(9-21-14)7-10-5-3-2-4-6-10/h2-6,8-9H,7H2,1H3,(H,18,19). The zero-order valence-electron chi connectivity index (χ0n) is 11.8. The zero-order chi connectivity index (χ0) is 15.5. The molecule has 2 heterocycles. The Hall–Kier alpha value is -1.63. The molecule has 0 unspecified atom stereocenters. The molecule has 3 rings (SSSR count). The molecule has 3 aromatic rings. The summed E-state index contributed by atoms with van der Waals surface area (Å²) in [6.45, 7) is 0. The molecule has 1 aromatic carbocycles. The minimum absolute atomic E-state index is 0.360. The first kappa shape index (κ1) is 15.3. The van der Waals surface area contributed by atoms with Crippen LogP contribution >= 0.6 is 34.4 Å². The quantitative estimate of drug-likeness (QED) is 0.668. The number of thiophene rings is 1. The second-order valence-electron chi connectivity index (χ2n) is 4.63. The lowest BCUT2D eigenvalue weighted by Gasteiger charge is -1.97. The number of thiazole rings is 1. The first-order valence-corrected chi connectivity index (χ1v) is 9.49. The maximum Gasteiger partial charge on any atom is 0.345 e. The number of thioether (sulfide) groups is 1. The van der Waals surface area contributed by atoms with E-state index in [4.69, 9.17) is 5.11 Å². The molecule has 0 bridgehead atoms. The van der Waals surface area contributed by atoms with Crippen LogP contribution in [-0.2, 0) is 6.42 Å². The van der Waals surface area contributed by atoms with Gasteiger partial charge < -0.3 is 5.11 Å². The summed E-state index contributed by atoms with van der Waals surface area (Å²) in [7, 11) is 0. The molecule has 2 aromatic heterocycles. The molecule has 0 saturated heterocycles. The van der Waals surface area contributed by atoms with Crippen LogP contribution in [0.5, 0.6) is 0 Å². The van der Waals surface area contributed by atoms with Gasteiger partial charge >= 0.3 is 5.97 Å². The highest BCUT2D eigenvalue weighted by Gasteiger charge is 2.17. The molecule has 0 aliphatic heterocycles. The van der Waals surface area contributed by atoms with E-state index in [0.29, 0.717) is 4.88 Å². The van der Waals surface area contributed by atoms with Gasteiger partial charge in [-0.05, 0) is 17.9 Å². The lowest BCUT2D eigenvalue weighted by molar-refractivity contribution is 0.0702. The molecular formula is C16H13NO2S3. The number of carboxylic acid groups (broad SMARTS) is 1. The van der Waals surface area contributed by atoms with Crippen LogP contribution < -0.4 is 0 Å². The predicted molar refractivity (Wildman–Crippen MR) is 93.4 cm³/mol. The fraction of sp³-hybridized carbons (Fsp3) is 0.125. The highest BCUT2D eigenvalue weighted by Crippen LogP contribution is 2.39. The molecule has 0 radical (unpaired) electrons. The van der Waals surface area contributed by atoms with Crippen molar-refractivity contribution >= 4 is 40.4 Å². The Bertz CT molecular complexity index is 793. The van der Waals surface area contributed by atoms with Crippen LogP contribution in [0.2, 0.25) is 0 Å². The fourth-order valence-electron chi connectivity index (χ4n) is 2.10. The summed E-state index contributed by atoms with van der Waals surface area (Å²) in [5, 5.41) is 12.1. The van der Waals surface area contributed by atoms with Crippen LogP contribution in [0.15, 0.2) is 46.0 Å². The maximum atomic E-state index is 11.1. The third kappa shape index (κ3) is 3.24.